The van der Waals surface area contributed by atoms with E-state index in [-0.39, 0.29) is 5.39 Å². The maximum absolute atomic E-state index is 10.1. The molecule has 0 bridgehead atoms. The highest BCUT2D eigenvalue weighted by Gasteiger charge is 2.19. The lowest BCUT2D eigenvalue weighted by atomic mass is 9.84. The van der Waals surface area contributed by atoms with E-state index in [0.717, 1.165) is 0 Å². The molecule has 0 spiro atoms. The van der Waals surface area contributed by atoms with E-state index >= 15 is 0 Å². The van der Waals surface area contributed by atoms with E-state index in [1.54, 1.807) is 0 Å². The molecule has 0 aliphatic carbocycles. The minimum Gasteiger partial charge on any atom is -0.455 e. The highest BCUT2D eigenvalue weighted by molar-refractivity contribution is 6.18. The Morgan fingerprint density at radius 1 is 0.472 bits per heavy atom. The molecule has 1 nitrogen and oxygen atoms in total. The smallest absolute Gasteiger partial charge is 0.143 e. The molecule has 0 unspecified atom stereocenters. The SMILES string of the molecule is [2H]Cc1c([2H])c([2H])c(-c2c3c([2H])c([2H])c([2H])c([2H])c3c(Cc3c([2H])c([2H])c([2H])c4oc5c6c([2H])c([2H])c([2H])c([2H])c6c([2H])c([2H])c5c34)c3c([2H])c([2H])c([2H])c([2H])c23)c([2H])c1-c1c([2H])c([2H])c2c(c1[2H])c([2H])c([2H])c1c([2H])c([2H])c([2H])c([2H])c12. The summed E-state index contributed by atoms with van der Waals surface area (Å²) in [6.07, 6.45) is -0.901. The normalized spacial score (nSPS) is 19.8. The van der Waals surface area contributed by atoms with Gasteiger partial charge in [0.05, 0.1) is 39.8 Å². The van der Waals surface area contributed by atoms with Crippen LogP contribution >= 0.6 is 0 Å². The molecule has 1 heteroatoms. The number of hydrogen-bond acceptors (Lipinski definition) is 1. The molecule has 11 rings (SSSR count). The molecule has 11 aromatic rings. The average molecular weight is 705 g/mol. The minimum absolute atomic E-state index is 0.356. The molecule has 0 saturated heterocycles. The Morgan fingerprint density at radius 3 is 1.85 bits per heavy atom. The van der Waals surface area contributed by atoms with Gasteiger partial charge in [0.2, 0.25) is 0 Å². The number of fused-ring (bicyclic) bond motifs is 10. The van der Waals surface area contributed by atoms with Crippen molar-refractivity contribution in [2.45, 2.75) is 13.3 Å². The van der Waals surface area contributed by atoms with E-state index in [0.29, 0.717) is 0 Å². The average Bonchev–Trinajstić information content (AvgIpc) is 1.66. The van der Waals surface area contributed by atoms with Crippen LogP contribution < -0.4 is 0 Å². The van der Waals surface area contributed by atoms with Crippen LogP contribution in [-0.4, -0.2) is 0 Å². The van der Waals surface area contributed by atoms with Crippen molar-refractivity contribution in [3.8, 4) is 22.3 Å². The predicted octanol–water partition coefficient (Wildman–Crippen LogP) is 14.6. The lowest BCUT2D eigenvalue weighted by Gasteiger charge is -2.19. The zero-order chi connectivity index (χ0) is 61.0. The predicted molar refractivity (Wildman–Crippen MR) is 226 cm³/mol. The van der Waals surface area contributed by atoms with Crippen LogP contribution in [0.2, 0.25) is 0 Å². The molecular weight excluding hydrogens is 641 g/mol. The molecule has 248 valence electrons. The number of benzene rings is 10. The monoisotopic (exact) mass is 704 g/mol. The van der Waals surface area contributed by atoms with Crippen molar-refractivity contribution in [1.29, 1.82) is 0 Å². The highest BCUT2D eigenvalue weighted by atomic mass is 16.3. The Bertz CT molecular complexity index is 4890. The zero-order valence-electron chi connectivity index (χ0n) is 56.8. The number of furan rings is 1. The molecule has 1 heterocycles. The van der Waals surface area contributed by atoms with Crippen LogP contribution in [0.25, 0.3) is 98.1 Å². The second kappa shape index (κ2) is 11.7. The molecule has 0 saturated carbocycles. The Balaban J connectivity index is 1.34. The van der Waals surface area contributed by atoms with Gasteiger partial charge in [-0.2, -0.15) is 0 Å². The van der Waals surface area contributed by atoms with Crippen molar-refractivity contribution in [2.24, 2.45) is 0 Å². The first-order valence-corrected chi connectivity index (χ1v) is 16.0. The van der Waals surface area contributed by atoms with Crippen molar-refractivity contribution < 1.29 is 45.5 Å². The molecule has 0 N–H and O–H groups in total. The molecule has 10 aromatic carbocycles. The molecular formula is C52H34O. The van der Waals surface area contributed by atoms with Gasteiger partial charge in [-0.05, 0) is 125 Å². The number of rotatable bonds is 4. The molecule has 0 aliphatic rings. The van der Waals surface area contributed by atoms with E-state index in [4.69, 9.17) is 29.1 Å². The van der Waals surface area contributed by atoms with Crippen molar-refractivity contribution in [1.82, 2.24) is 0 Å². The molecule has 53 heavy (non-hydrogen) atoms. The van der Waals surface area contributed by atoms with Gasteiger partial charge in [0.1, 0.15) is 11.2 Å². The quantitative estimate of drug-likeness (QED) is 0.131. The van der Waals surface area contributed by atoms with Gasteiger partial charge in [-0.1, -0.05) is 151 Å². The minimum atomic E-state index is -1.01. The second-order valence-corrected chi connectivity index (χ2v) is 12.0. The summed E-state index contributed by atoms with van der Waals surface area (Å²) >= 11 is 0. The Morgan fingerprint density at radius 2 is 1.08 bits per heavy atom. The first-order chi connectivity index (χ1) is 38.8. The maximum atomic E-state index is 10.1. The Hall–Kier alpha value is -6.70. The lowest BCUT2D eigenvalue weighted by molar-refractivity contribution is 0.672. The van der Waals surface area contributed by atoms with E-state index in [9.17, 15) is 16.4 Å². The van der Waals surface area contributed by atoms with Crippen molar-refractivity contribution in [2.75, 3.05) is 0 Å². The highest BCUT2D eigenvalue weighted by Crippen LogP contribution is 2.43. The first-order valence-electron chi connectivity index (χ1n) is 31.2. The Kier molecular flexibility index (Phi) is 2.81. The third-order valence-electron chi connectivity index (χ3n) is 9.11. The summed E-state index contributed by atoms with van der Waals surface area (Å²) in [6.45, 7) is -0.985. The van der Waals surface area contributed by atoms with Gasteiger partial charge >= 0.3 is 0 Å². The third-order valence-corrected chi connectivity index (χ3v) is 9.11. The fraction of sp³-hybridized carbons (Fsp3) is 0.0385. The summed E-state index contributed by atoms with van der Waals surface area (Å²) in [5, 5.41) is -6.30. The number of hydrogen-bond donors (Lipinski definition) is 0. The van der Waals surface area contributed by atoms with Gasteiger partial charge in [0, 0.05) is 17.5 Å². The van der Waals surface area contributed by atoms with Crippen LogP contribution in [-0.2, 0) is 6.42 Å². The summed E-state index contributed by atoms with van der Waals surface area (Å²) in [7, 11) is 0. The fourth-order valence-corrected chi connectivity index (χ4v) is 6.77. The standard InChI is InChI=1S/C52H34O/c1-32-21-22-38(30-47(32)36-26-27-40-35(29-36)24-23-33-11-2-4-14-39(33)40)50-44-18-8-6-16-42(44)48(43-17-7-9-19-45(43)50)31-37-13-10-20-49-51(37)46-28-25-34-12-3-5-15-41(34)52(46)53-49/h2-30H,31H2,1H3/i1D,2D,3D,4D,5D,6D,7D,8D,9D,10D,11D,12D,13D,14D,15D,16D,17D,18D,19D,20D,21D,22D,23D,24D,25D,26D,27D,28D,29D,30D. The summed E-state index contributed by atoms with van der Waals surface area (Å²) in [6, 6.07) is -24.9. The summed E-state index contributed by atoms with van der Waals surface area (Å²) in [4.78, 5) is 0. The Labute approximate surface area is 349 Å². The fourth-order valence-electron chi connectivity index (χ4n) is 6.77. The van der Waals surface area contributed by atoms with E-state index in [1.165, 1.54) is 0 Å². The van der Waals surface area contributed by atoms with Crippen LogP contribution in [0.5, 0.6) is 0 Å². The maximum Gasteiger partial charge on any atom is 0.143 e. The van der Waals surface area contributed by atoms with Gasteiger partial charge < -0.3 is 4.42 Å². The molecule has 0 atom stereocenters. The van der Waals surface area contributed by atoms with Crippen LogP contribution in [0, 0.1) is 6.90 Å². The molecule has 1 aromatic heterocycles. The molecule has 0 amide bonds. The lowest BCUT2D eigenvalue weighted by Crippen LogP contribution is -1.96. The summed E-state index contributed by atoms with van der Waals surface area (Å²) in [5.74, 6) is 0. The van der Waals surface area contributed by atoms with Gasteiger partial charge in [0.15, 0.2) is 0 Å². The van der Waals surface area contributed by atoms with Crippen LogP contribution in [0.1, 0.15) is 57.8 Å². The topological polar surface area (TPSA) is 13.1 Å². The van der Waals surface area contributed by atoms with E-state index in [1.807, 2.05) is 0 Å². The van der Waals surface area contributed by atoms with E-state index in [2.05, 4.69) is 0 Å². The molecule has 0 aliphatic heterocycles. The van der Waals surface area contributed by atoms with Crippen molar-refractivity contribution >= 4 is 75.8 Å². The van der Waals surface area contributed by atoms with E-state index < -0.39 is 298 Å². The van der Waals surface area contributed by atoms with Gasteiger partial charge in [0.25, 0.3) is 0 Å². The van der Waals surface area contributed by atoms with Gasteiger partial charge in [-0.25, -0.2) is 0 Å². The second-order valence-electron chi connectivity index (χ2n) is 12.0. The summed E-state index contributed by atoms with van der Waals surface area (Å²) in [5.41, 5.74) is -5.42. The zero-order valence-corrected chi connectivity index (χ0v) is 26.8. The van der Waals surface area contributed by atoms with Crippen LogP contribution in [0.4, 0.5) is 0 Å². The van der Waals surface area contributed by atoms with Crippen LogP contribution in [0.15, 0.2) is 180 Å². The summed E-state index contributed by atoms with van der Waals surface area (Å²) < 4.78 is 278. The first kappa shape index (κ1) is 12.8. The van der Waals surface area contributed by atoms with Crippen molar-refractivity contribution in [3.05, 3.63) is 192 Å². The third kappa shape index (κ3) is 4.64. The largest absolute Gasteiger partial charge is 0.455 e. The van der Waals surface area contributed by atoms with Crippen molar-refractivity contribution in [3.63, 3.8) is 0 Å². The van der Waals surface area contributed by atoms with Gasteiger partial charge in [-0.15, -0.1) is 0 Å². The molecule has 0 fully saturated rings. The van der Waals surface area contributed by atoms with Crippen LogP contribution in [0.3, 0.4) is 0 Å². The molecule has 0 radical (unpaired) electrons. The van der Waals surface area contributed by atoms with Gasteiger partial charge in [-0.3, -0.25) is 0 Å².